The Labute approximate surface area is 130 Å². The molecular weight excluding hydrogens is 311 g/mol. The van der Waals surface area contributed by atoms with Crippen molar-refractivity contribution in [1.82, 2.24) is 20.6 Å². The average Bonchev–Trinajstić information content (AvgIpc) is 3.03. The zero-order valence-electron chi connectivity index (χ0n) is 10.8. The van der Waals surface area contributed by atoms with Gasteiger partial charge < -0.3 is 4.74 Å². The van der Waals surface area contributed by atoms with Gasteiger partial charge in [-0.25, -0.2) is 0 Å². The molecule has 0 amide bonds. The molecule has 3 rings (SSSR count). The first kappa shape index (κ1) is 13.9. The number of hydrogen-bond acceptors (Lipinski definition) is 4. The molecule has 0 saturated carbocycles. The minimum Gasteiger partial charge on any atom is -0.489 e. The lowest BCUT2D eigenvalue weighted by molar-refractivity contribution is 0.306. The van der Waals surface area contributed by atoms with E-state index in [9.17, 15) is 0 Å². The van der Waals surface area contributed by atoms with Gasteiger partial charge in [0, 0.05) is 5.56 Å². The van der Waals surface area contributed by atoms with E-state index < -0.39 is 0 Å². The highest BCUT2D eigenvalue weighted by molar-refractivity contribution is 6.42. The van der Waals surface area contributed by atoms with E-state index in [0.29, 0.717) is 22.5 Å². The van der Waals surface area contributed by atoms with E-state index in [2.05, 4.69) is 20.6 Å². The Hall–Kier alpha value is -2.11. The van der Waals surface area contributed by atoms with Gasteiger partial charge >= 0.3 is 0 Å². The maximum atomic E-state index is 5.96. The number of H-pyrrole nitrogens is 1. The van der Waals surface area contributed by atoms with Crippen molar-refractivity contribution in [3.63, 3.8) is 0 Å². The number of tetrazole rings is 1. The topological polar surface area (TPSA) is 63.7 Å². The number of benzene rings is 2. The SMILES string of the molecule is Clc1ccc(COc2ccc(-c3nn[nH]n3)cc2)cc1Cl. The summed E-state index contributed by atoms with van der Waals surface area (Å²) in [5.74, 6) is 1.29. The molecule has 0 atom stereocenters. The standard InChI is InChI=1S/C14H10Cl2N4O/c15-12-6-1-9(7-13(12)16)8-21-11-4-2-10(3-5-11)14-17-19-20-18-14/h1-7H,8H2,(H,17,18,19,20). The van der Waals surface area contributed by atoms with Gasteiger partial charge in [0.25, 0.3) is 0 Å². The van der Waals surface area contributed by atoms with Crippen LogP contribution >= 0.6 is 23.2 Å². The number of halogens is 2. The number of ether oxygens (including phenoxy) is 1. The van der Waals surface area contributed by atoms with Crippen LogP contribution in [0.4, 0.5) is 0 Å². The smallest absolute Gasteiger partial charge is 0.204 e. The van der Waals surface area contributed by atoms with Crippen LogP contribution < -0.4 is 4.74 Å². The Morgan fingerprint density at radius 2 is 1.81 bits per heavy atom. The first-order valence-corrected chi connectivity index (χ1v) is 6.88. The van der Waals surface area contributed by atoms with Gasteiger partial charge in [-0.3, -0.25) is 0 Å². The molecule has 5 nitrogen and oxygen atoms in total. The lowest BCUT2D eigenvalue weighted by Crippen LogP contribution is -1.95. The second-order valence-electron chi connectivity index (χ2n) is 4.30. The fourth-order valence-corrected chi connectivity index (χ4v) is 2.10. The van der Waals surface area contributed by atoms with Crippen LogP contribution in [0.15, 0.2) is 42.5 Å². The normalized spacial score (nSPS) is 10.6. The number of hydrogen-bond donors (Lipinski definition) is 1. The van der Waals surface area contributed by atoms with Gasteiger partial charge in [-0.05, 0) is 47.2 Å². The molecule has 0 bridgehead atoms. The summed E-state index contributed by atoms with van der Waals surface area (Å²) in [5, 5.41) is 14.8. The first-order chi connectivity index (χ1) is 10.2. The van der Waals surface area contributed by atoms with E-state index >= 15 is 0 Å². The van der Waals surface area contributed by atoms with Crippen LogP contribution in [-0.4, -0.2) is 20.6 Å². The van der Waals surface area contributed by atoms with Gasteiger partial charge in [-0.15, -0.1) is 10.2 Å². The fourth-order valence-electron chi connectivity index (χ4n) is 1.78. The van der Waals surface area contributed by atoms with Gasteiger partial charge in [0.1, 0.15) is 12.4 Å². The molecule has 1 N–H and O–H groups in total. The predicted octanol–water partition coefficient (Wildman–Crippen LogP) is 3.75. The summed E-state index contributed by atoms with van der Waals surface area (Å²) in [6.45, 7) is 0.415. The Morgan fingerprint density at radius 3 is 2.48 bits per heavy atom. The molecule has 3 aromatic rings. The van der Waals surface area contributed by atoms with Crippen molar-refractivity contribution in [2.75, 3.05) is 0 Å². The monoisotopic (exact) mass is 320 g/mol. The van der Waals surface area contributed by atoms with Crippen molar-refractivity contribution in [2.45, 2.75) is 6.61 Å². The Bertz CT molecular complexity index is 729. The number of aromatic amines is 1. The number of rotatable bonds is 4. The van der Waals surface area contributed by atoms with Crippen LogP contribution in [0.25, 0.3) is 11.4 Å². The van der Waals surface area contributed by atoms with Crippen LogP contribution in [0.2, 0.25) is 10.0 Å². The molecule has 2 aromatic carbocycles. The van der Waals surface area contributed by atoms with Crippen molar-refractivity contribution < 1.29 is 4.74 Å². The van der Waals surface area contributed by atoms with E-state index in [0.717, 1.165) is 16.9 Å². The second kappa shape index (κ2) is 6.11. The quantitative estimate of drug-likeness (QED) is 0.795. The van der Waals surface area contributed by atoms with Crippen molar-refractivity contribution in [3.8, 4) is 17.1 Å². The van der Waals surface area contributed by atoms with Crippen LogP contribution in [0.1, 0.15) is 5.56 Å². The summed E-state index contributed by atoms with van der Waals surface area (Å²) < 4.78 is 5.69. The molecule has 0 spiro atoms. The lowest BCUT2D eigenvalue weighted by Gasteiger charge is -2.07. The third-order valence-electron chi connectivity index (χ3n) is 2.85. The molecule has 7 heteroatoms. The third kappa shape index (κ3) is 3.32. The summed E-state index contributed by atoms with van der Waals surface area (Å²) in [4.78, 5) is 0. The summed E-state index contributed by atoms with van der Waals surface area (Å²) >= 11 is 11.8. The van der Waals surface area contributed by atoms with E-state index in [4.69, 9.17) is 27.9 Å². The maximum Gasteiger partial charge on any atom is 0.204 e. The highest BCUT2D eigenvalue weighted by Crippen LogP contribution is 2.24. The number of aromatic nitrogens is 4. The lowest BCUT2D eigenvalue weighted by atomic mass is 10.2. The molecule has 0 aliphatic rings. The summed E-state index contributed by atoms with van der Waals surface area (Å²) in [7, 11) is 0. The molecule has 0 aliphatic carbocycles. The Morgan fingerprint density at radius 1 is 1.00 bits per heavy atom. The van der Waals surface area contributed by atoms with E-state index in [1.54, 1.807) is 12.1 Å². The van der Waals surface area contributed by atoms with Crippen LogP contribution in [-0.2, 0) is 6.61 Å². The minimum absolute atomic E-state index is 0.415. The van der Waals surface area contributed by atoms with Crippen molar-refractivity contribution >= 4 is 23.2 Å². The highest BCUT2D eigenvalue weighted by atomic mass is 35.5. The van der Waals surface area contributed by atoms with Gasteiger partial charge in [-0.1, -0.05) is 29.3 Å². The van der Waals surface area contributed by atoms with Crippen molar-refractivity contribution in [3.05, 3.63) is 58.1 Å². The maximum absolute atomic E-state index is 5.96. The molecule has 21 heavy (non-hydrogen) atoms. The average molecular weight is 321 g/mol. The summed E-state index contributed by atoms with van der Waals surface area (Å²) in [6.07, 6.45) is 0. The van der Waals surface area contributed by atoms with Crippen molar-refractivity contribution in [2.24, 2.45) is 0 Å². The first-order valence-electron chi connectivity index (χ1n) is 6.13. The molecule has 0 saturated heterocycles. The largest absolute Gasteiger partial charge is 0.489 e. The van der Waals surface area contributed by atoms with Gasteiger partial charge in [0.2, 0.25) is 5.82 Å². The fraction of sp³-hybridized carbons (Fsp3) is 0.0714. The molecule has 0 unspecified atom stereocenters. The highest BCUT2D eigenvalue weighted by Gasteiger charge is 2.04. The minimum atomic E-state index is 0.415. The van der Waals surface area contributed by atoms with Gasteiger partial charge in [0.05, 0.1) is 10.0 Å². The van der Waals surface area contributed by atoms with Crippen LogP contribution in [0.3, 0.4) is 0 Å². The van der Waals surface area contributed by atoms with E-state index in [1.165, 1.54) is 0 Å². The zero-order chi connectivity index (χ0) is 14.7. The molecule has 0 aliphatic heterocycles. The number of nitrogens with one attached hydrogen (secondary N) is 1. The van der Waals surface area contributed by atoms with Gasteiger partial charge in [-0.2, -0.15) is 5.21 Å². The molecule has 0 fully saturated rings. The molecule has 1 heterocycles. The summed E-state index contributed by atoms with van der Waals surface area (Å²) in [6, 6.07) is 12.9. The molecule has 0 radical (unpaired) electrons. The zero-order valence-corrected chi connectivity index (χ0v) is 12.3. The second-order valence-corrected chi connectivity index (χ2v) is 5.11. The Balaban J connectivity index is 1.66. The molecule has 106 valence electrons. The van der Waals surface area contributed by atoms with Crippen LogP contribution in [0.5, 0.6) is 5.75 Å². The van der Waals surface area contributed by atoms with Crippen molar-refractivity contribution in [1.29, 1.82) is 0 Å². The third-order valence-corrected chi connectivity index (χ3v) is 3.59. The van der Waals surface area contributed by atoms with E-state index in [-0.39, 0.29) is 0 Å². The molecule has 1 aromatic heterocycles. The summed E-state index contributed by atoms with van der Waals surface area (Å²) in [5.41, 5.74) is 1.82. The van der Waals surface area contributed by atoms with Crippen LogP contribution in [0, 0.1) is 0 Å². The van der Waals surface area contributed by atoms with E-state index in [1.807, 2.05) is 30.3 Å². The Kier molecular flexibility index (Phi) is 4.03. The van der Waals surface area contributed by atoms with Gasteiger partial charge in [0.15, 0.2) is 0 Å². The predicted molar refractivity (Wildman–Crippen MR) is 80.4 cm³/mol. The number of nitrogens with zero attached hydrogens (tertiary/aromatic N) is 3. The molecular formula is C14H10Cl2N4O.